The summed E-state index contributed by atoms with van der Waals surface area (Å²) in [4.78, 5) is 25.3. The van der Waals surface area contributed by atoms with Crippen LogP contribution in [0.2, 0.25) is 0 Å². The smallest absolute Gasteiger partial charge is 0.307 e. The van der Waals surface area contributed by atoms with E-state index in [1.807, 2.05) is 12.2 Å². The standard InChI is InChI=1S/C14H21NO4/c1-14(19)6-8-15(9-7-14)12(16)10-4-2-3-5-11(10)13(17)18/h2-3,10-11,19H,4-9H2,1H3,(H,17,18). The predicted molar refractivity (Wildman–Crippen MR) is 69.4 cm³/mol. The number of hydrogen-bond acceptors (Lipinski definition) is 3. The van der Waals surface area contributed by atoms with Gasteiger partial charge < -0.3 is 15.1 Å². The Labute approximate surface area is 112 Å². The van der Waals surface area contributed by atoms with E-state index < -0.39 is 23.4 Å². The minimum absolute atomic E-state index is 0.0766. The fourth-order valence-corrected chi connectivity index (χ4v) is 2.80. The molecule has 106 valence electrons. The van der Waals surface area contributed by atoms with Crippen LogP contribution in [0, 0.1) is 11.8 Å². The highest BCUT2D eigenvalue weighted by atomic mass is 16.4. The van der Waals surface area contributed by atoms with Gasteiger partial charge in [-0.3, -0.25) is 9.59 Å². The Morgan fingerprint density at radius 2 is 1.68 bits per heavy atom. The molecule has 2 unspecified atom stereocenters. The first-order valence-corrected chi connectivity index (χ1v) is 6.80. The van der Waals surface area contributed by atoms with Crippen molar-refractivity contribution in [3.8, 4) is 0 Å². The molecule has 5 nitrogen and oxygen atoms in total. The third-order valence-corrected chi connectivity index (χ3v) is 4.22. The van der Waals surface area contributed by atoms with Crippen molar-refractivity contribution in [1.29, 1.82) is 0 Å². The van der Waals surface area contributed by atoms with Crippen molar-refractivity contribution in [2.45, 2.75) is 38.2 Å². The molecule has 2 aliphatic rings. The SMILES string of the molecule is CC1(O)CCN(C(=O)C2CC=CCC2C(=O)O)CC1. The molecule has 0 radical (unpaired) electrons. The van der Waals surface area contributed by atoms with Gasteiger partial charge in [0.15, 0.2) is 0 Å². The van der Waals surface area contributed by atoms with Gasteiger partial charge in [-0.25, -0.2) is 0 Å². The van der Waals surface area contributed by atoms with Crippen LogP contribution < -0.4 is 0 Å². The van der Waals surface area contributed by atoms with Crippen LogP contribution in [0.1, 0.15) is 32.6 Å². The first-order valence-electron chi connectivity index (χ1n) is 6.80. The van der Waals surface area contributed by atoms with E-state index in [1.54, 1.807) is 11.8 Å². The Balaban J connectivity index is 2.03. The largest absolute Gasteiger partial charge is 0.481 e. The summed E-state index contributed by atoms with van der Waals surface area (Å²) in [5.41, 5.74) is -0.699. The van der Waals surface area contributed by atoms with E-state index in [0.29, 0.717) is 38.8 Å². The van der Waals surface area contributed by atoms with Gasteiger partial charge in [-0.15, -0.1) is 0 Å². The summed E-state index contributed by atoms with van der Waals surface area (Å²) in [6.07, 6.45) is 5.77. The molecule has 1 fully saturated rings. The molecule has 1 amide bonds. The normalized spacial score (nSPS) is 30.1. The van der Waals surface area contributed by atoms with Gasteiger partial charge in [0.2, 0.25) is 5.91 Å². The quantitative estimate of drug-likeness (QED) is 0.732. The van der Waals surface area contributed by atoms with Crippen molar-refractivity contribution in [3.05, 3.63) is 12.2 Å². The highest BCUT2D eigenvalue weighted by Crippen LogP contribution is 2.30. The van der Waals surface area contributed by atoms with Crippen LogP contribution in [-0.4, -0.2) is 45.7 Å². The van der Waals surface area contributed by atoms with Gasteiger partial charge in [-0.2, -0.15) is 0 Å². The molecule has 0 bridgehead atoms. The number of carboxylic acid groups (broad SMARTS) is 1. The zero-order chi connectivity index (χ0) is 14.0. The summed E-state index contributed by atoms with van der Waals surface area (Å²) in [5, 5.41) is 19.1. The number of carboxylic acids is 1. The second kappa shape index (κ2) is 5.33. The number of carbonyl (C=O) groups is 2. The molecule has 1 heterocycles. The van der Waals surface area contributed by atoms with Gasteiger partial charge in [-0.05, 0) is 32.6 Å². The molecule has 0 aromatic carbocycles. The summed E-state index contributed by atoms with van der Waals surface area (Å²) in [5.74, 6) is -2.04. The minimum Gasteiger partial charge on any atom is -0.481 e. The highest BCUT2D eigenvalue weighted by molar-refractivity contribution is 5.85. The molecular formula is C14H21NO4. The lowest BCUT2D eigenvalue weighted by Gasteiger charge is -2.38. The minimum atomic E-state index is -0.897. The van der Waals surface area contributed by atoms with Crippen LogP contribution in [0.5, 0.6) is 0 Å². The Bertz CT molecular complexity index is 392. The zero-order valence-corrected chi connectivity index (χ0v) is 11.2. The lowest BCUT2D eigenvalue weighted by molar-refractivity contribution is -0.152. The molecule has 1 saturated heterocycles. The van der Waals surface area contributed by atoms with Crippen molar-refractivity contribution in [3.63, 3.8) is 0 Å². The van der Waals surface area contributed by atoms with Crippen LogP contribution >= 0.6 is 0 Å². The van der Waals surface area contributed by atoms with E-state index in [1.165, 1.54) is 0 Å². The zero-order valence-electron chi connectivity index (χ0n) is 11.2. The van der Waals surface area contributed by atoms with E-state index in [9.17, 15) is 19.8 Å². The summed E-state index contributed by atoms with van der Waals surface area (Å²) in [6.45, 7) is 2.80. The monoisotopic (exact) mass is 267 g/mol. The molecule has 0 spiro atoms. The molecule has 2 rings (SSSR count). The first kappa shape index (κ1) is 14.1. The summed E-state index contributed by atoms with van der Waals surface area (Å²) in [7, 11) is 0. The molecular weight excluding hydrogens is 246 g/mol. The number of piperidine rings is 1. The van der Waals surface area contributed by atoms with E-state index in [-0.39, 0.29) is 5.91 Å². The van der Waals surface area contributed by atoms with E-state index in [0.717, 1.165) is 0 Å². The molecule has 0 saturated carbocycles. The van der Waals surface area contributed by atoms with Crippen LogP contribution in [0.4, 0.5) is 0 Å². The van der Waals surface area contributed by atoms with Crippen LogP contribution in [0.25, 0.3) is 0 Å². The molecule has 0 aromatic rings. The Hall–Kier alpha value is -1.36. The highest BCUT2D eigenvalue weighted by Gasteiger charge is 2.38. The average molecular weight is 267 g/mol. The van der Waals surface area contributed by atoms with Crippen LogP contribution in [0.3, 0.4) is 0 Å². The number of aliphatic hydroxyl groups is 1. The van der Waals surface area contributed by atoms with Gasteiger partial charge in [0, 0.05) is 13.1 Å². The topological polar surface area (TPSA) is 77.8 Å². The maximum absolute atomic E-state index is 12.4. The lowest BCUT2D eigenvalue weighted by Crippen LogP contribution is -2.49. The molecule has 1 aliphatic carbocycles. The lowest BCUT2D eigenvalue weighted by atomic mass is 9.81. The predicted octanol–water partition coefficient (Wildman–Crippen LogP) is 1.03. The van der Waals surface area contributed by atoms with Crippen LogP contribution in [0.15, 0.2) is 12.2 Å². The fraction of sp³-hybridized carbons (Fsp3) is 0.714. The van der Waals surface area contributed by atoms with E-state index in [4.69, 9.17) is 0 Å². The van der Waals surface area contributed by atoms with Gasteiger partial charge >= 0.3 is 5.97 Å². The molecule has 1 aliphatic heterocycles. The van der Waals surface area contributed by atoms with Gasteiger partial charge in [0.25, 0.3) is 0 Å². The summed E-state index contributed by atoms with van der Waals surface area (Å²) < 4.78 is 0. The number of rotatable bonds is 2. The molecule has 5 heteroatoms. The van der Waals surface area contributed by atoms with Gasteiger partial charge in [0.1, 0.15) is 0 Å². The maximum atomic E-state index is 12.4. The number of nitrogens with zero attached hydrogens (tertiary/aromatic N) is 1. The first-order chi connectivity index (χ1) is 8.91. The fourth-order valence-electron chi connectivity index (χ4n) is 2.80. The third-order valence-electron chi connectivity index (χ3n) is 4.22. The number of likely N-dealkylation sites (tertiary alicyclic amines) is 1. The number of hydrogen-bond donors (Lipinski definition) is 2. The van der Waals surface area contributed by atoms with E-state index >= 15 is 0 Å². The second-order valence-electron chi connectivity index (χ2n) is 5.82. The third kappa shape index (κ3) is 3.15. The molecule has 0 aromatic heterocycles. The Morgan fingerprint density at radius 3 is 2.21 bits per heavy atom. The number of carbonyl (C=O) groups excluding carboxylic acids is 1. The average Bonchev–Trinajstić information content (AvgIpc) is 2.38. The van der Waals surface area contributed by atoms with Crippen molar-refractivity contribution in [2.75, 3.05) is 13.1 Å². The summed E-state index contributed by atoms with van der Waals surface area (Å²) >= 11 is 0. The van der Waals surface area contributed by atoms with Crippen molar-refractivity contribution in [1.82, 2.24) is 4.90 Å². The number of allylic oxidation sites excluding steroid dienone is 2. The van der Waals surface area contributed by atoms with Crippen LogP contribution in [-0.2, 0) is 9.59 Å². The summed E-state index contributed by atoms with van der Waals surface area (Å²) in [6, 6.07) is 0. The molecule has 2 atom stereocenters. The van der Waals surface area contributed by atoms with Crippen molar-refractivity contribution in [2.24, 2.45) is 11.8 Å². The van der Waals surface area contributed by atoms with Crippen molar-refractivity contribution >= 4 is 11.9 Å². The van der Waals surface area contributed by atoms with Gasteiger partial charge in [0.05, 0.1) is 17.4 Å². The maximum Gasteiger partial charge on any atom is 0.307 e. The number of aliphatic carboxylic acids is 1. The van der Waals surface area contributed by atoms with Crippen molar-refractivity contribution < 1.29 is 19.8 Å². The Kier molecular flexibility index (Phi) is 3.94. The molecule has 19 heavy (non-hydrogen) atoms. The number of amides is 1. The van der Waals surface area contributed by atoms with E-state index in [2.05, 4.69) is 0 Å². The second-order valence-corrected chi connectivity index (χ2v) is 5.82. The molecule has 2 N–H and O–H groups in total. The van der Waals surface area contributed by atoms with Gasteiger partial charge in [-0.1, -0.05) is 12.2 Å². The Morgan fingerprint density at radius 1 is 1.16 bits per heavy atom.